The van der Waals surface area contributed by atoms with Gasteiger partial charge in [-0.2, -0.15) is 0 Å². The fourth-order valence-electron chi connectivity index (χ4n) is 1.53. The van der Waals surface area contributed by atoms with Gasteiger partial charge in [-0.05, 0) is 43.2 Å². The van der Waals surface area contributed by atoms with E-state index in [9.17, 15) is 0 Å². The number of hydrogen-bond donors (Lipinski definition) is 0. The molecule has 0 aliphatic carbocycles. The Kier molecular flexibility index (Phi) is 2.52. The maximum atomic E-state index is 5.23. The summed E-state index contributed by atoms with van der Waals surface area (Å²) in [5.41, 5.74) is 3.72. The Hall–Kier alpha value is -0.930. The molecule has 0 aliphatic rings. The van der Waals surface area contributed by atoms with Gasteiger partial charge in [0.25, 0.3) is 0 Å². The maximum Gasteiger partial charge on any atom is 0.120 e. The standard InChI is InChI=1S/C11H11NS2/c1-8-5-9(2)7-10(6-8)12-11(13)3-4-14-12/h3-7H,1-2H3. The average Bonchev–Trinajstić information content (AvgIpc) is 2.49. The van der Waals surface area contributed by atoms with Crippen molar-refractivity contribution in [3.05, 3.63) is 45.4 Å². The largest absolute Gasteiger partial charge is 0.256 e. The molecule has 2 rings (SSSR count). The van der Waals surface area contributed by atoms with E-state index in [2.05, 4.69) is 36.0 Å². The summed E-state index contributed by atoms with van der Waals surface area (Å²) in [5.74, 6) is 0. The van der Waals surface area contributed by atoms with Crippen molar-refractivity contribution in [2.45, 2.75) is 13.8 Å². The molecule has 1 aromatic heterocycles. The zero-order chi connectivity index (χ0) is 10.1. The first-order valence-electron chi connectivity index (χ1n) is 4.42. The zero-order valence-electron chi connectivity index (χ0n) is 8.15. The van der Waals surface area contributed by atoms with E-state index in [1.807, 2.05) is 11.4 Å². The van der Waals surface area contributed by atoms with Crippen LogP contribution < -0.4 is 0 Å². The molecular formula is C11H11NS2. The molecule has 0 atom stereocenters. The highest BCUT2D eigenvalue weighted by molar-refractivity contribution is 7.71. The van der Waals surface area contributed by atoms with Gasteiger partial charge in [0.05, 0.1) is 5.69 Å². The highest BCUT2D eigenvalue weighted by Crippen LogP contribution is 2.17. The van der Waals surface area contributed by atoms with Gasteiger partial charge >= 0.3 is 0 Å². The van der Waals surface area contributed by atoms with Gasteiger partial charge in [-0.1, -0.05) is 29.8 Å². The third kappa shape index (κ3) is 1.79. The summed E-state index contributed by atoms with van der Waals surface area (Å²) in [5, 5.41) is 2.01. The van der Waals surface area contributed by atoms with E-state index in [4.69, 9.17) is 12.2 Å². The highest BCUT2D eigenvalue weighted by atomic mass is 32.1. The normalized spacial score (nSPS) is 10.4. The van der Waals surface area contributed by atoms with Crippen LogP contribution in [-0.4, -0.2) is 3.96 Å². The van der Waals surface area contributed by atoms with Crippen molar-refractivity contribution >= 4 is 23.8 Å². The number of hydrogen-bond acceptors (Lipinski definition) is 2. The van der Waals surface area contributed by atoms with Gasteiger partial charge in [0.1, 0.15) is 4.64 Å². The van der Waals surface area contributed by atoms with Gasteiger partial charge in [0.15, 0.2) is 0 Å². The molecule has 2 aromatic rings. The fraction of sp³-hybridized carbons (Fsp3) is 0.182. The van der Waals surface area contributed by atoms with Crippen molar-refractivity contribution in [2.75, 3.05) is 0 Å². The predicted molar refractivity (Wildman–Crippen MR) is 64.0 cm³/mol. The number of benzene rings is 1. The van der Waals surface area contributed by atoms with Crippen LogP contribution in [0.4, 0.5) is 0 Å². The number of aryl methyl sites for hydroxylation is 2. The molecule has 0 aliphatic heterocycles. The van der Waals surface area contributed by atoms with E-state index in [1.165, 1.54) is 16.8 Å². The quantitative estimate of drug-likeness (QED) is 0.661. The smallest absolute Gasteiger partial charge is 0.120 e. The summed E-state index contributed by atoms with van der Waals surface area (Å²) in [6.45, 7) is 4.21. The minimum Gasteiger partial charge on any atom is -0.256 e. The Morgan fingerprint density at radius 1 is 1.14 bits per heavy atom. The van der Waals surface area contributed by atoms with E-state index < -0.39 is 0 Å². The zero-order valence-corrected chi connectivity index (χ0v) is 9.78. The summed E-state index contributed by atoms with van der Waals surface area (Å²) >= 11 is 6.86. The lowest BCUT2D eigenvalue weighted by Crippen LogP contribution is -1.90. The van der Waals surface area contributed by atoms with Gasteiger partial charge < -0.3 is 0 Å². The average molecular weight is 221 g/mol. The molecule has 1 aromatic carbocycles. The Morgan fingerprint density at radius 3 is 2.29 bits per heavy atom. The summed E-state index contributed by atoms with van der Waals surface area (Å²) in [6.07, 6.45) is 0. The van der Waals surface area contributed by atoms with Crippen molar-refractivity contribution in [2.24, 2.45) is 0 Å². The van der Waals surface area contributed by atoms with Gasteiger partial charge in [0.2, 0.25) is 0 Å². The summed E-state index contributed by atoms with van der Waals surface area (Å²) in [4.78, 5) is 0. The van der Waals surface area contributed by atoms with E-state index in [-0.39, 0.29) is 0 Å². The monoisotopic (exact) mass is 221 g/mol. The third-order valence-electron chi connectivity index (χ3n) is 2.02. The molecule has 3 heteroatoms. The Labute approximate surface area is 92.8 Å². The van der Waals surface area contributed by atoms with Crippen molar-refractivity contribution in [1.82, 2.24) is 3.96 Å². The number of rotatable bonds is 1. The van der Waals surface area contributed by atoms with Crippen LogP contribution in [0.3, 0.4) is 0 Å². The predicted octanol–water partition coefficient (Wildman–Crippen LogP) is 3.89. The minimum absolute atomic E-state index is 0.875. The summed E-state index contributed by atoms with van der Waals surface area (Å²) < 4.78 is 2.94. The van der Waals surface area contributed by atoms with E-state index in [1.54, 1.807) is 11.5 Å². The molecular weight excluding hydrogens is 210 g/mol. The first-order valence-corrected chi connectivity index (χ1v) is 5.67. The molecule has 1 heterocycles. The first kappa shape index (κ1) is 9.62. The van der Waals surface area contributed by atoms with Crippen LogP contribution in [0.25, 0.3) is 5.69 Å². The molecule has 14 heavy (non-hydrogen) atoms. The fourth-order valence-corrected chi connectivity index (χ4v) is 2.62. The second-order valence-corrected chi connectivity index (χ2v) is 4.65. The maximum absolute atomic E-state index is 5.23. The molecule has 72 valence electrons. The first-order chi connectivity index (χ1) is 6.66. The number of nitrogens with zero attached hydrogens (tertiary/aromatic N) is 1. The highest BCUT2D eigenvalue weighted by Gasteiger charge is 1.99. The molecule has 0 bridgehead atoms. The molecule has 0 saturated carbocycles. The van der Waals surface area contributed by atoms with Crippen LogP contribution in [-0.2, 0) is 0 Å². The Morgan fingerprint density at radius 2 is 1.79 bits per heavy atom. The molecule has 0 saturated heterocycles. The van der Waals surface area contributed by atoms with Gasteiger partial charge in [0, 0.05) is 5.38 Å². The van der Waals surface area contributed by atoms with Crippen molar-refractivity contribution in [3.8, 4) is 5.69 Å². The van der Waals surface area contributed by atoms with Crippen LogP contribution in [0.1, 0.15) is 11.1 Å². The van der Waals surface area contributed by atoms with Crippen LogP contribution in [0.2, 0.25) is 0 Å². The topological polar surface area (TPSA) is 4.93 Å². The molecule has 0 spiro atoms. The molecule has 0 N–H and O–H groups in total. The minimum atomic E-state index is 0.875. The van der Waals surface area contributed by atoms with Gasteiger partial charge in [-0.25, -0.2) is 0 Å². The van der Waals surface area contributed by atoms with Crippen LogP contribution in [0, 0.1) is 18.5 Å². The second-order valence-electron chi connectivity index (χ2n) is 3.39. The molecule has 0 fully saturated rings. The molecule has 1 nitrogen and oxygen atoms in total. The van der Waals surface area contributed by atoms with Crippen LogP contribution in [0.5, 0.6) is 0 Å². The second kappa shape index (κ2) is 3.67. The van der Waals surface area contributed by atoms with Gasteiger partial charge in [-0.3, -0.25) is 3.96 Å². The molecule has 0 amide bonds. The summed E-state index contributed by atoms with van der Waals surface area (Å²) in [6, 6.07) is 8.43. The summed E-state index contributed by atoms with van der Waals surface area (Å²) in [7, 11) is 0. The number of aromatic nitrogens is 1. The molecule has 0 radical (unpaired) electrons. The van der Waals surface area contributed by atoms with Crippen LogP contribution in [0.15, 0.2) is 29.6 Å². The third-order valence-corrected chi connectivity index (χ3v) is 3.33. The lowest BCUT2D eigenvalue weighted by Gasteiger charge is -2.04. The van der Waals surface area contributed by atoms with Crippen molar-refractivity contribution < 1.29 is 0 Å². The van der Waals surface area contributed by atoms with E-state index in [0.717, 1.165) is 4.64 Å². The Bertz CT molecular complexity index is 488. The van der Waals surface area contributed by atoms with Crippen molar-refractivity contribution in [3.63, 3.8) is 0 Å². The van der Waals surface area contributed by atoms with E-state index in [0.29, 0.717) is 0 Å². The Balaban J connectivity index is 2.63. The SMILES string of the molecule is Cc1cc(C)cc(-n2sccc2=S)c1. The lowest BCUT2D eigenvalue weighted by atomic mass is 10.1. The molecule has 0 unspecified atom stereocenters. The van der Waals surface area contributed by atoms with E-state index >= 15 is 0 Å². The van der Waals surface area contributed by atoms with Crippen LogP contribution >= 0.6 is 23.8 Å². The van der Waals surface area contributed by atoms with Gasteiger partial charge in [-0.15, -0.1) is 0 Å². The van der Waals surface area contributed by atoms with Crippen molar-refractivity contribution in [1.29, 1.82) is 0 Å². The lowest BCUT2D eigenvalue weighted by molar-refractivity contribution is 1.16.